The molecular formula is C21H20N6O5S2. The van der Waals surface area contributed by atoms with Crippen molar-refractivity contribution in [2.45, 2.75) is 17.8 Å². The molecule has 0 aliphatic carbocycles. The molecule has 0 saturated carbocycles. The maximum Gasteiger partial charge on any atom is 0.272 e. The van der Waals surface area contributed by atoms with E-state index in [2.05, 4.69) is 25.7 Å². The number of amides is 1. The lowest BCUT2D eigenvalue weighted by Crippen LogP contribution is -2.26. The van der Waals surface area contributed by atoms with E-state index < -0.39 is 15.9 Å². The molecule has 0 spiro atoms. The second kappa shape index (κ2) is 9.67. The minimum atomic E-state index is -4.00. The van der Waals surface area contributed by atoms with Gasteiger partial charge in [0.2, 0.25) is 21.2 Å². The Balaban J connectivity index is 1.43. The Morgan fingerprint density at radius 2 is 1.82 bits per heavy atom. The van der Waals surface area contributed by atoms with Crippen molar-refractivity contribution in [3.8, 4) is 17.1 Å². The van der Waals surface area contributed by atoms with Crippen molar-refractivity contribution in [1.29, 1.82) is 0 Å². The van der Waals surface area contributed by atoms with Crippen LogP contribution in [0.15, 0.2) is 57.4 Å². The Labute approximate surface area is 199 Å². The lowest BCUT2D eigenvalue weighted by Gasteiger charge is -2.11. The van der Waals surface area contributed by atoms with Crippen LogP contribution in [0, 0.1) is 6.92 Å². The molecule has 2 aromatic heterocycles. The van der Waals surface area contributed by atoms with Gasteiger partial charge in [0.15, 0.2) is 0 Å². The van der Waals surface area contributed by atoms with Crippen LogP contribution in [0.5, 0.6) is 5.75 Å². The van der Waals surface area contributed by atoms with Gasteiger partial charge in [0.25, 0.3) is 15.9 Å². The number of nitrogens with one attached hydrogen (secondary N) is 1. The summed E-state index contributed by atoms with van der Waals surface area (Å²) in [6.45, 7) is 1.74. The number of carbonyl (C=O) groups is 1. The van der Waals surface area contributed by atoms with E-state index in [9.17, 15) is 13.2 Å². The second-order valence-electron chi connectivity index (χ2n) is 7.19. The van der Waals surface area contributed by atoms with Gasteiger partial charge in [0, 0.05) is 18.2 Å². The van der Waals surface area contributed by atoms with Crippen LogP contribution in [0.3, 0.4) is 0 Å². The Kier molecular flexibility index (Phi) is 6.68. The van der Waals surface area contributed by atoms with Crippen LogP contribution in [0.25, 0.3) is 11.4 Å². The van der Waals surface area contributed by atoms with Crippen LogP contribution in [-0.2, 0) is 16.6 Å². The third kappa shape index (κ3) is 5.11. The summed E-state index contributed by atoms with van der Waals surface area (Å²) in [5, 5.41) is 14.0. The fraction of sp³-hybridized carbons (Fsp3) is 0.190. The smallest absolute Gasteiger partial charge is 0.272 e. The van der Waals surface area contributed by atoms with Gasteiger partial charge >= 0.3 is 0 Å². The Hall–Kier alpha value is -3.68. The molecule has 176 valence electrons. The van der Waals surface area contributed by atoms with E-state index in [-0.39, 0.29) is 21.9 Å². The predicted octanol–water partition coefficient (Wildman–Crippen LogP) is 2.98. The second-order valence-corrected chi connectivity index (χ2v) is 10.4. The number of anilines is 1. The average molecular weight is 501 g/mol. The number of rotatable bonds is 8. The van der Waals surface area contributed by atoms with E-state index in [0.29, 0.717) is 22.7 Å². The summed E-state index contributed by atoms with van der Waals surface area (Å²) in [5.41, 5.74) is 2.13. The molecule has 0 aliphatic rings. The van der Waals surface area contributed by atoms with E-state index in [1.165, 1.54) is 7.05 Å². The van der Waals surface area contributed by atoms with Gasteiger partial charge in [-0.15, -0.1) is 10.2 Å². The van der Waals surface area contributed by atoms with Gasteiger partial charge < -0.3 is 9.26 Å². The highest BCUT2D eigenvalue weighted by Crippen LogP contribution is 2.25. The highest BCUT2D eigenvalue weighted by Gasteiger charge is 2.28. The first-order valence-corrected chi connectivity index (χ1v) is 12.2. The largest absolute Gasteiger partial charge is 0.497 e. The average Bonchev–Trinajstić information content (AvgIpc) is 3.50. The zero-order valence-electron chi connectivity index (χ0n) is 18.4. The third-order valence-corrected chi connectivity index (χ3v) is 7.73. The van der Waals surface area contributed by atoms with E-state index >= 15 is 0 Å². The van der Waals surface area contributed by atoms with Crippen LogP contribution in [0.4, 0.5) is 5.13 Å². The summed E-state index contributed by atoms with van der Waals surface area (Å²) < 4.78 is 36.9. The van der Waals surface area contributed by atoms with Crippen molar-refractivity contribution in [3.05, 3.63) is 65.5 Å². The summed E-state index contributed by atoms with van der Waals surface area (Å²) in [7, 11) is -1.08. The number of methoxy groups -OCH3 is 1. The molecule has 0 fully saturated rings. The van der Waals surface area contributed by atoms with Crippen molar-refractivity contribution in [2.24, 2.45) is 0 Å². The van der Waals surface area contributed by atoms with Crippen molar-refractivity contribution >= 4 is 32.4 Å². The first-order chi connectivity index (χ1) is 16.3. The monoisotopic (exact) mass is 500 g/mol. The molecule has 34 heavy (non-hydrogen) atoms. The highest BCUT2D eigenvalue weighted by molar-refractivity contribution is 7.91. The molecule has 11 nitrogen and oxygen atoms in total. The SMILES string of the molecule is COc1ccc(-c2noc(CN(C)S(=O)(=O)c3nnc(NC(=O)c4ccc(C)cc4)s3)n2)cc1. The summed E-state index contributed by atoms with van der Waals surface area (Å²) >= 11 is 0.748. The van der Waals surface area contributed by atoms with Crippen molar-refractivity contribution in [2.75, 3.05) is 19.5 Å². The summed E-state index contributed by atoms with van der Waals surface area (Å²) in [5.74, 6) is 0.699. The first kappa shape index (κ1) is 23.5. The quantitative estimate of drug-likeness (QED) is 0.361. The Morgan fingerprint density at radius 3 is 2.50 bits per heavy atom. The van der Waals surface area contributed by atoms with Gasteiger partial charge in [-0.3, -0.25) is 10.1 Å². The molecule has 1 N–H and O–H groups in total. The summed E-state index contributed by atoms with van der Waals surface area (Å²) in [4.78, 5) is 16.6. The highest BCUT2D eigenvalue weighted by atomic mass is 32.2. The lowest BCUT2D eigenvalue weighted by molar-refractivity contribution is 0.102. The van der Waals surface area contributed by atoms with Crippen molar-refractivity contribution in [3.63, 3.8) is 0 Å². The fourth-order valence-electron chi connectivity index (χ4n) is 2.82. The van der Waals surface area contributed by atoms with Gasteiger partial charge in [-0.2, -0.15) is 9.29 Å². The third-order valence-electron chi connectivity index (χ3n) is 4.75. The van der Waals surface area contributed by atoms with E-state index in [4.69, 9.17) is 9.26 Å². The molecule has 0 unspecified atom stereocenters. The molecule has 1 amide bonds. The standard InChI is InChI=1S/C21H20N6O5S2/c1-13-4-6-15(7-5-13)19(28)23-20-24-25-21(33-20)34(29,30)27(2)12-17-22-18(26-32-17)14-8-10-16(31-3)11-9-14/h4-11H,12H2,1-3H3,(H,23,24,28). The van der Waals surface area contributed by atoms with Crippen LogP contribution in [0.2, 0.25) is 0 Å². The molecule has 0 radical (unpaired) electrons. The molecule has 2 heterocycles. The number of benzene rings is 2. The van der Waals surface area contributed by atoms with Crippen LogP contribution in [0.1, 0.15) is 21.8 Å². The van der Waals surface area contributed by atoms with Crippen molar-refractivity contribution < 1.29 is 22.5 Å². The molecule has 0 saturated heterocycles. The number of hydrogen-bond acceptors (Lipinski definition) is 10. The number of nitrogens with zero attached hydrogens (tertiary/aromatic N) is 5. The Bertz CT molecular complexity index is 1400. The van der Waals surface area contributed by atoms with Gasteiger partial charge in [0.1, 0.15) is 5.75 Å². The maximum atomic E-state index is 12.9. The van der Waals surface area contributed by atoms with Crippen LogP contribution in [-0.4, -0.2) is 53.1 Å². The number of aryl methyl sites for hydroxylation is 1. The molecular weight excluding hydrogens is 480 g/mol. The number of hydrogen-bond donors (Lipinski definition) is 1. The van der Waals surface area contributed by atoms with Gasteiger partial charge in [-0.25, -0.2) is 8.42 Å². The number of aromatic nitrogens is 4. The molecule has 4 rings (SSSR count). The van der Waals surface area contributed by atoms with E-state index in [1.807, 2.05) is 6.92 Å². The molecule has 2 aromatic carbocycles. The number of carbonyl (C=O) groups excluding carboxylic acids is 1. The minimum Gasteiger partial charge on any atom is -0.497 e. The normalized spacial score (nSPS) is 11.5. The number of ether oxygens (including phenoxy) is 1. The number of sulfonamides is 1. The topological polar surface area (TPSA) is 140 Å². The van der Waals surface area contributed by atoms with E-state index in [0.717, 1.165) is 21.2 Å². The maximum absolute atomic E-state index is 12.9. The van der Waals surface area contributed by atoms with Crippen LogP contribution < -0.4 is 10.1 Å². The fourth-order valence-corrected chi connectivity index (χ4v) is 5.03. The lowest BCUT2D eigenvalue weighted by atomic mass is 10.1. The summed E-state index contributed by atoms with van der Waals surface area (Å²) in [6.07, 6.45) is 0. The minimum absolute atomic E-state index is 0.0668. The van der Waals surface area contributed by atoms with Gasteiger partial charge in [0.05, 0.1) is 13.7 Å². The van der Waals surface area contributed by atoms with Gasteiger partial charge in [-0.05, 0) is 43.3 Å². The van der Waals surface area contributed by atoms with Gasteiger partial charge in [-0.1, -0.05) is 34.2 Å². The molecule has 0 atom stereocenters. The van der Waals surface area contributed by atoms with Crippen molar-refractivity contribution in [1.82, 2.24) is 24.6 Å². The molecule has 0 aliphatic heterocycles. The zero-order chi connectivity index (χ0) is 24.3. The first-order valence-electron chi connectivity index (χ1n) is 9.91. The molecule has 0 bridgehead atoms. The zero-order valence-corrected chi connectivity index (χ0v) is 20.1. The van der Waals surface area contributed by atoms with Crippen LogP contribution >= 0.6 is 11.3 Å². The summed E-state index contributed by atoms with van der Waals surface area (Å²) in [6, 6.07) is 14.0. The van der Waals surface area contributed by atoms with E-state index in [1.54, 1.807) is 55.6 Å². The Morgan fingerprint density at radius 1 is 1.12 bits per heavy atom. The molecule has 4 aromatic rings. The predicted molar refractivity (Wildman–Crippen MR) is 124 cm³/mol. The molecule has 13 heteroatoms.